The molecule has 2 aromatic carbocycles. The number of nitrogens with zero attached hydrogens (tertiary/aromatic N) is 2. The van der Waals surface area contributed by atoms with E-state index in [9.17, 15) is 4.79 Å². The van der Waals surface area contributed by atoms with E-state index in [1.807, 2.05) is 6.07 Å². The highest BCUT2D eigenvalue weighted by atomic mass is 16.5. The molecule has 3 aliphatic heterocycles. The van der Waals surface area contributed by atoms with Crippen LogP contribution in [0, 0.1) is 0 Å². The first-order valence-electron chi connectivity index (χ1n) is 11.9. The molecule has 1 fully saturated rings. The number of fused-ring (bicyclic) bond motifs is 3. The number of carbonyl (C=O) groups excluding carboxylic acids is 1. The number of rotatable bonds is 5. The quantitative estimate of drug-likeness (QED) is 0.748. The number of para-hydroxylation sites is 2. The summed E-state index contributed by atoms with van der Waals surface area (Å²) in [6.45, 7) is 5.11. The van der Waals surface area contributed by atoms with Crippen molar-refractivity contribution < 1.29 is 9.53 Å². The lowest BCUT2D eigenvalue weighted by atomic mass is 9.68. The Kier molecular flexibility index (Phi) is 4.67. The van der Waals surface area contributed by atoms with Crippen molar-refractivity contribution in [1.82, 2.24) is 4.90 Å². The molecular weight excluding hydrogens is 386 g/mol. The predicted molar refractivity (Wildman–Crippen MR) is 123 cm³/mol. The van der Waals surface area contributed by atoms with E-state index in [-0.39, 0.29) is 11.3 Å². The van der Waals surface area contributed by atoms with Gasteiger partial charge in [-0.3, -0.25) is 9.69 Å². The highest BCUT2D eigenvalue weighted by Crippen LogP contribution is 2.49. The number of unbranched alkanes of at least 4 members (excludes halogenated alkanes) is 1. The van der Waals surface area contributed by atoms with Crippen LogP contribution < -0.4 is 15.0 Å². The highest BCUT2D eigenvalue weighted by molar-refractivity contribution is 6.07. The molecule has 5 nitrogen and oxygen atoms in total. The maximum atomic E-state index is 13.0. The Balaban J connectivity index is 1.06. The summed E-state index contributed by atoms with van der Waals surface area (Å²) in [5.74, 6) is 1.26. The van der Waals surface area contributed by atoms with Gasteiger partial charge in [-0.15, -0.1) is 0 Å². The number of piperazine rings is 1. The second-order valence-electron chi connectivity index (χ2n) is 9.61. The van der Waals surface area contributed by atoms with E-state index in [2.05, 4.69) is 51.5 Å². The Hall–Kier alpha value is -2.53. The average molecular weight is 418 g/mol. The molecule has 3 heterocycles. The van der Waals surface area contributed by atoms with Crippen molar-refractivity contribution in [2.24, 2.45) is 0 Å². The van der Waals surface area contributed by atoms with Gasteiger partial charge in [-0.05, 0) is 68.0 Å². The van der Waals surface area contributed by atoms with E-state index in [1.54, 1.807) is 0 Å². The van der Waals surface area contributed by atoms with Crippen LogP contribution in [0.1, 0.15) is 43.2 Å². The van der Waals surface area contributed by atoms with E-state index in [0.29, 0.717) is 6.04 Å². The van der Waals surface area contributed by atoms with Crippen LogP contribution in [0.3, 0.4) is 0 Å². The summed E-state index contributed by atoms with van der Waals surface area (Å²) in [4.78, 5) is 18.1. The molecule has 31 heavy (non-hydrogen) atoms. The number of hydrogen-bond acceptors (Lipinski definition) is 4. The number of ether oxygens (including phenoxy) is 1. The topological polar surface area (TPSA) is 44.8 Å². The number of carbonyl (C=O) groups is 1. The second-order valence-corrected chi connectivity index (χ2v) is 9.61. The van der Waals surface area contributed by atoms with Crippen molar-refractivity contribution in [2.45, 2.75) is 50.0 Å². The van der Waals surface area contributed by atoms with Gasteiger partial charge in [0, 0.05) is 25.3 Å². The summed E-state index contributed by atoms with van der Waals surface area (Å²) >= 11 is 0. The molecular formula is C26H31N3O2. The highest BCUT2D eigenvalue weighted by Gasteiger charge is 2.48. The molecule has 0 saturated carbocycles. The van der Waals surface area contributed by atoms with E-state index in [4.69, 9.17) is 4.74 Å². The molecule has 1 amide bonds. The van der Waals surface area contributed by atoms with Crippen LogP contribution in [0.2, 0.25) is 0 Å². The SMILES string of the molecule is O=C1Nc2cccc3c2C1(CCCCN1CCN2c4ccccc4OCC2C1)CCC3. The summed E-state index contributed by atoms with van der Waals surface area (Å²) in [6, 6.07) is 15.2. The lowest BCUT2D eigenvalue weighted by Crippen LogP contribution is -2.57. The summed E-state index contributed by atoms with van der Waals surface area (Å²) in [5, 5.41) is 3.18. The molecule has 5 heteroatoms. The van der Waals surface area contributed by atoms with E-state index in [1.165, 1.54) is 16.8 Å². The molecule has 2 atom stereocenters. The molecule has 162 valence electrons. The zero-order valence-corrected chi connectivity index (χ0v) is 18.1. The minimum absolute atomic E-state index is 0.237. The third kappa shape index (κ3) is 3.13. The Morgan fingerprint density at radius 2 is 2.03 bits per heavy atom. The molecule has 0 aromatic heterocycles. The van der Waals surface area contributed by atoms with Crippen LogP contribution in [-0.2, 0) is 16.6 Å². The average Bonchev–Trinajstić information content (AvgIpc) is 3.10. The zero-order chi connectivity index (χ0) is 20.8. The molecule has 1 saturated heterocycles. The van der Waals surface area contributed by atoms with Crippen molar-refractivity contribution >= 4 is 17.3 Å². The molecule has 2 aromatic rings. The molecule has 0 spiro atoms. The van der Waals surface area contributed by atoms with E-state index in [0.717, 1.165) is 82.7 Å². The number of aryl methyl sites for hydroxylation is 1. The summed E-state index contributed by atoms with van der Waals surface area (Å²) in [6.07, 6.45) is 6.46. The Bertz CT molecular complexity index is 1010. The maximum absolute atomic E-state index is 13.0. The minimum Gasteiger partial charge on any atom is -0.489 e. The lowest BCUT2D eigenvalue weighted by molar-refractivity contribution is -0.121. The van der Waals surface area contributed by atoms with Crippen LogP contribution in [0.5, 0.6) is 5.75 Å². The molecule has 1 aliphatic carbocycles. The summed E-state index contributed by atoms with van der Waals surface area (Å²) in [7, 11) is 0. The normalized spacial score (nSPS) is 26.5. The fourth-order valence-corrected chi connectivity index (χ4v) is 6.36. The van der Waals surface area contributed by atoms with Crippen LogP contribution in [0.15, 0.2) is 42.5 Å². The predicted octanol–water partition coefficient (Wildman–Crippen LogP) is 3.97. The van der Waals surface area contributed by atoms with Crippen molar-refractivity contribution in [3.63, 3.8) is 0 Å². The van der Waals surface area contributed by atoms with Crippen LogP contribution >= 0.6 is 0 Å². The van der Waals surface area contributed by atoms with Gasteiger partial charge in [0.15, 0.2) is 0 Å². The van der Waals surface area contributed by atoms with E-state index < -0.39 is 0 Å². The molecule has 0 radical (unpaired) electrons. The first kappa shape index (κ1) is 19.2. The number of anilines is 2. The lowest BCUT2D eigenvalue weighted by Gasteiger charge is -2.45. The molecule has 6 rings (SSSR count). The van der Waals surface area contributed by atoms with Gasteiger partial charge in [0.05, 0.1) is 17.1 Å². The molecule has 2 unspecified atom stereocenters. The zero-order valence-electron chi connectivity index (χ0n) is 18.1. The maximum Gasteiger partial charge on any atom is 0.235 e. The fourth-order valence-electron chi connectivity index (χ4n) is 6.36. The first-order chi connectivity index (χ1) is 15.2. The Labute approximate surface area is 184 Å². The van der Waals surface area contributed by atoms with Gasteiger partial charge < -0.3 is 15.0 Å². The van der Waals surface area contributed by atoms with E-state index >= 15 is 0 Å². The molecule has 4 aliphatic rings. The first-order valence-corrected chi connectivity index (χ1v) is 11.9. The van der Waals surface area contributed by atoms with Gasteiger partial charge in [-0.2, -0.15) is 0 Å². The Morgan fingerprint density at radius 3 is 3.00 bits per heavy atom. The number of nitrogens with one attached hydrogen (secondary N) is 1. The molecule has 1 N–H and O–H groups in total. The van der Waals surface area contributed by atoms with Gasteiger partial charge in [0.25, 0.3) is 0 Å². The van der Waals surface area contributed by atoms with Crippen molar-refractivity contribution in [2.75, 3.05) is 43.0 Å². The van der Waals surface area contributed by atoms with Crippen molar-refractivity contribution in [3.05, 3.63) is 53.6 Å². The fraction of sp³-hybridized carbons (Fsp3) is 0.500. The largest absolute Gasteiger partial charge is 0.489 e. The van der Waals surface area contributed by atoms with Crippen LogP contribution in [0.4, 0.5) is 11.4 Å². The standard InChI is InChI=1S/C26H31N3O2/c30-25-26(13-6-8-19-7-5-9-21(27-25)24(19)26)12-3-4-14-28-15-16-29-20(17-28)18-31-23-11-2-1-10-22(23)29/h1-2,5,7,9-11,20H,3-4,6,8,12-18H2,(H,27,30). The third-order valence-electron chi connectivity index (χ3n) is 7.86. The van der Waals surface area contributed by atoms with Gasteiger partial charge in [0.2, 0.25) is 5.91 Å². The minimum atomic E-state index is -0.274. The summed E-state index contributed by atoms with van der Waals surface area (Å²) < 4.78 is 6.01. The van der Waals surface area contributed by atoms with Gasteiger partial charge in [-0.25, -0.2) is 0 Å². The summed E-state index contributed by atoms with van der Waals surface area (Å²) in [5.41, 5.74) is 4.74. The van der Waals surface area contributed by atoms with Crippen molar-refractivity contribution in [1.29, 1.82) is 0 Å². The van der Waals surface area contributed by atoms with Gasteiger partial charge in [0.1, 0.15) is 12.4 Å². The molecule has 0 bridgehead atoms. The van der Waals surface area contributed by atoms with Gasteiger partial charge >= 0.3 is 0 Å². The number of hydrogen-bond donors (Lipinski definition) is 1. The monoisotopic (exact) mass is 417 g/mol. The smallest absolute Gasteiger partial charge is 0.235 e. The third-order valence-corrected chi connectivity index (χ3v) is 7.86. The second kappa shape index (κ2) is 7.56. The van der Waals surface area contributed by atoms with Crippen molar-refractivity contribution in [3.8, 4) is 5.75 Å². The van der Waals surface area contributed by atoms with Crippen LogP contribution in [0.25, 0.3) is 0 Å². The number of amides is 1. The Morgan fingerprint density at radius 1 is 1.10 bits per heavy atom. The van der Waals surface area contributed by atoms with Gasteiger partial charge in [-0.1, -0.05) is 30.7 Å². The van der Waals surface area contributed by atoms with Crippen LogP contribution in [-0.4, -0.2) is 49.6 Å². The number of benzene rings is 2.